The van der Waals surface area contributed by atoms with Crippen molar-refractivity contribution in [1.82, 2.24) is 5.32 Å². The Kier molecular flexibility index (Phi) is 5.42. The maximum absolute atomic E-state index is 6.13. The minimum absolute atomic E-state index is 0.453. The van der Waals surface area contributed by atoms with Gasteiger partial charge in [0.1, 0.15) is 0 Å². The van der Waals surface area contributed by atoms with Crippen molar-refractivity contribution in [2.75, 3.05) is 5.32 Å². The zero-order valence-electron chi connectivity index (χ0n) is 15.4. The molecule has 0 amide bonds. The molecule has 0 aromatic heterocycles. The highest BCUT2D eigenvalue weighted by molar-refractivity contribution is 7.80. The molecule has 1 atom stereocenters. The lowest BCUT2D eigenvalue weighted by Crippen LogP contribution is -2.57. The molecule has 1 aromatic rings. The molecule has 0 radical (unpaired) electrons. The van der Waals surface area contributed by atoms with Crippen LogP contribution in [0.15, 0.2) is 18.2 Å². The first-order valence-corrected chi connectivity index (χ1v) is 11.2. The van der Waals surface area contributed by atoms with E-state index >= 15 is 0 Å². The average Bonchev–Trinajstić information content (AvgIpc) is 2.56. The van der Waals surface area contributed by atoms with E-state index in [0.717, 1.165) is 23.4 Å². The van der Waals surface area contributed by atoms with Gasteiger partial charge in [0, 0.05) is 11.7 Å². The molecule has 2 N–H and O–H groups in total. The highest BCUT2D eigenvalue weighted by atomic mass is 35.5. The van der Waals surface area contributed by atoms with Crippen LogP contribution in [0, 0.1) is 23.2 Å². The van der Waals surface area contributed by atoms with E-state index in [-0.39, 0.29) is 0 Å². The third kappa shape index (κ3) is 3.72. The molecule has 0 aliphatic heterocycles. The number of benzene rings is 1. The summed E-state index contributed by atoms with van der Waals surface area (Å²) in [5.41, 5.74) is 1.34. The first-order chi connectivity index (χ1) is 12.5. The highest BCUT2D eigenvalue weighted by Gasteiger charge is 2.54. The predicted octanol–water partition coefficient (Wildman–Crippen LogP) is 6.66. The fourth-order valence-corrected chi connectivity index (χ4v) is 6.88. The Bertz CT molecular complexity index is 655. The van der Waals surface area contributed by atoms with Gasteiger partial charge in [-0.05, 0) is 98.5 Å². The van der Waals surface area contributed by atoms with Crippen molar-refractivity contribution in [2.45, 2.75) is 64.3 Å². The fraction of sp³-hybridized carbons (Fsp3) is 0.667. The number of thiocarbonyl (C=S) groups is 1. The minimum atomic E-state index is 0.453. The maximum Gasteiger partial charge on any atom is 0.171 e. The van der Waals surface area contributed by atoms with Crippen LogP contribution in [0.4, 0.5) is 5.69 Å². The van der Waals surface area contributed by atoms with Crippen LogP contribution in [0.2, 0.25) is 10.0 Å². The summed E-state index contributed by atoms with van der Waals surface area (Å²) >= 11 is 17.8. The first-order valence-electron chi connectivity index (χ1n) is 10.00. The molecule has 4 aliphatic rings. The minimum Gasteiger partial charge on any atom is -0.359 e. The number of hydrogen-bond donors (Lipinski definition) is 2. The number of hydrogen-bond acceptors (Lipinski definition) is 1. The van der Waals surface area contributed by atoms with E-state index in [1.165, 1.54) is 51.4 Å². The third-order valence-corrected chi connectivity index (χ3v) is 7.84. The van der Waals surface area contributed by atoms with E-state index < -0.39 is 0 Å². The van der Waals surface area contributed by atoms with Gasteiger partial charge in [-0.3, -0.25) is 0 Å². The van der Waals surface area contributed by atoms with Gasteiger partial charge in [0.15, 0.2) is 5.11 Å². The fourth-order valence-electron chi connectivity index (χ4n) is 6.32. The number of halogens is 2. The van der Waals surface area contributed by atoms with Crippen LogP contribution in [0.1, 0.15) is 58.3 Å². The zero-order valence-corrected chi connectivity index (χ0v) is 17.7. The summed E-state index contributed by atoms with van der Waals surface area (Å²) in [6.45, 7) is 2.28. The molecule has 4 fully saturated rings. The molecule has 4 aliphatic carbocycles. The number of rotatable bonds is 5. The Morgan fingerprint density at radius 1 is 1.12 bits per heavy atom. The maximum atomic E-state index is 6.13. The van der Waals surface area contributed by atoms with Gasteiger partial charge >= 0.3 is 0 Å². The van der Waals surface area contributed by atoms with Crippen LogP contribution >= 0.6 is 35.4 Å². The summed E-state index contributed by atoms with van der Waals surface area (Å²) in [6.07, 6.45) is 11.0. The molecule has 4 bridgehead atoms. The highest BCUT2D eigenvalue weighted by Crippen LogP contribution is 2.61. The largest absolute Gasteiger partial charge is 0.359 e. The van der Waals surface area contributed by atoms with Crippen molar-refractivity contribution in [3.05, 3.63) is 28.2 Å². The van der Waals surface area contributed by atoms with Gasteiger partial charge in [-0.2, -0.15) is 0 Å². The van der Waals surface area contributed by atoms with Gasteiger partial charge < -0.3 is 10.6 Å². The summed E-state index contributed by atoms with van der Waals surface area (Å²) in [7, 11) is 0. The molecule has 5 rings (SSSR count). The molecule has 0 heterocycles. The van der Waals surface area contributed by atoms with Crippen LogP contribution in [0.3, 0.4) is 0 Å². The van der Waals surface area contributed by atoms with Crippen LogP contribution in [-0.4, -0.2) is 11.2 Å². The van der Waals surface area contributed by atoms with Gasteiger partial charge in [-0.25, -0.2) is 0 Å². The van der Waals surface area contributed by atoms with Crippen molar-refractivity contribution in [3.8, 4) is 0 Å². The van der Waals surface area contributed by atoms with Gasteiger partial charge in [0.05, 0.1) is 10.0 Å². The molecule has 26 heavy (non-hydrogen) atoms. The topological polar surface area (TPSA) is 24.1 Å². The van der Waals surface area contributed by atoms with E-state index in [1.807, 2.05) is 12.1 Å². The van der Waals surface area contributed by atoms with E-state index in [0.29, 0.717) is 26.6 Å². The molecule has 1 aromatic carbocycles. The molecular formula is C21H28Cl2N2S. The van der Waals surface area contributed by atoms with Gasteiger partial charge in [0.25, 0.3) is 0 Å². The molecular weight excluding hydrogens is 383 g/mol. The smallest absolute Gasteiger partial charge is 0.171 e. The Labute approximate surface area is 172 Å². The Balaban J connectivity index is 1.46. The predicted molar refractivity (Wildman–Crippen MR) is 115 cm³/mol. The van der Waals surface area contributed by atoms with Crippen molar-refractivity contribution in [3.63, 3.8) is 0 Å². The summed E-state index contributed by atoms with van der Waals surface area (Å²) in [4.78, 5) is 0. The van der Waals surface area contributed by atoms with Gasteiger partial charge in [-0.15, -0.1) is 0 Å². The second-order valence-electron chi connectivity index (χ2n) is 8.85. The number of nitrogens with one attached hydrogen (secondary N) is 2. The lowest BCUT2D eigenvalue weighted by atomic mass is 9.47. The zero-order chi connectivity index (χ0) is 18.3. The van der Waals surface area contributed by atoms with Crippen LogP contribution in [-0.2, 0) is 0 Å². The van der Waals surface area contributed by atoms with Crippen LogP contribution in [0.5, 0.6) is 0 Å². The third-order valence-electron chi connectivity index (χ3n) is 6.88. The summed E-state index contributed by atoms with van der Waals surface area (Å²) in [6, 6.07) is 6.03. The van der Waals surface area contributed by atoms with Crippen LogP contribution in [0.25, 0.3) is 0 Å². The van der Waals surface area contributed by atoms with E-state index in [2.05, 4.69) is 17.6 Å². The van der Waals surface area contributed by atoms with Crippen molar-refractivity contribution in [2.24, 2.45) is 23.2 Å². The van der Waals surface area contributed by atoms with Crippen LogP contribution < -0.4 is 10.6 Å². The molecule has 0 spiro atoms. The summed E-state index contributed by atoms with van der Waals surface area (Å²) in [5, 5.41) is 8.83. The SMILES string of the molecule is CCCC(NC(=S)Nc1ccc(Cl)c(Cl)c1)C12CC3CC(CC(C3)C1)C2. The Hall–Kier alpha value is -0.510. The molecule has 2 nitrogen and oxygen atoms in total. The standard InChI is InChI=1S/C21H28Cl2N2S/c1-2-3-19(21-10-13-6-14(11-21)8-15(7-13)12-21)25-20(26)24-16-4-5-17(22)18(23)9-16/h4-5,9,13-15,19H,2-3,6-8,10-12H2,1H3,(H2,24,25,26). The monoisotopic (exact) mass is 410 g/mol. The Morgan fingerprint density at radius 2 is 1.73 bits per heavy atom. The van der Waals surface area contributed by atoms with E-state index in [4.69, 9.17) is 35.4 Å². The average molecular weight is 411 g/mol. The van der Waals surface area contributed by atoms with E-state index in [1.54, 1.807) is 6.07 Å². The van der Waals surface area contributed by atoms with Crippen molar-refractivity contribution < 1.29 is 0 Å². The molecule has 1 unspecified atom stereocenters. The number of anilines is 1. The quantitative estimate of drug-likeness (QED) is 0.530. The molecule has 0 saturated heterocycles. The lowest BCUT2D eigenvalue weighted by Gasteiger charge is -2.59. The van der Waals surface area contributed by atoms with Gasteiger partial charge in [0.2, 0.25) is 0 Å². The lowest BCUT2D eigenvalue weighted by molar-refractivity contribution is -0.0718. The Morgan fingerprint density at radius 3 is 2.27 bits per heavy atom. The summed E-state index contributed by atoms with van der Waals surface area (Å²) in [5.74, 6) is 2.87. The van der Waals surface area contributed by atoms with Crippen molar-refractivity contribution in [1.29, 1.82) is 0 Å². The first kappa shape index (κ1) is 18.8. The molecule has 4 saturated carbocycles. The normalized spacial score (nSPS) is 33.1. The van der Waals surface area contributed by atoms with Crippen molar-refractivity contribution >= 4 is 46.2 Å². The second kappa shape index (κ2) is 7.48. The summed E-state index contributed by atoms with van der Waals surface area (Å²) < 4.78 is 0. The molecule has 5 heteroatoms. The van der Waals surface area contributed by atoms with Gasteiger partial charge in [-0.1, -0.05) is 36.5 Å². The second-order valence-corrected chi connectivity index (χ2v) is 10.1. The van der Waals surface area contributed by atoms with E-state index in [9.17, 15) is 0 Å². The molecule has 142 valence electrons.